The molecule has 16 heavy (non-hydrogen) atoms. The fourth-order valence-corrected chi connectivity index (χ4v) is 1.57. The summed E-state index contributed by atoms with van der Waals surface area (Å²) in [5.74, 6) is -0.851. The number of aliphatic carboxylic acids is 1. The van der Waals surface area contributed by atoms with Crippen LogP contribution in [-0.4, -0.2) is 39.7 Å². The smallest absolute Gasteiger partial charge is 0.320 e. The molecule has 2 unspecified atom stereocenters. The topological polar surface area (TPSA) is 84.3 Å². The lowest BCUT2D eigenvalue weighted by atomic mass is 10.2. The summed E-state index contributed by atoms with van der Waals surface area (Å²) >= 11 is 0. The molecule has 0 radical (unpaired) electrons. The highest BCUT2D eigenvalue weighted by molar-refractivity contribution is 5.73. The second kappa shape index (κ2) is 4.44. The maximum Gasteiger partial charge on any atom is 0.320 e. The minimum Gasteiger partial charge on any atom is -0.480 e. The molecule has 1 fully saturated rings. The van der Waals surface area contributed by atoms with E-state index >= 15 is 0 Å². The minimum atomic E-state index is -0.851. The van der Waals surface area contributed by atoms with Crippen LogP contribution in [0.15, 0.2) is 12.4 Å². The van der Waals surface area contributed by atoms with Crippen LogP contribution in [0.4, 0.5) is 0 Å². The summed E-state index contributed by atoms with van der Waals surface area (Å²) in [4.78, 5) is 18.7. The van der Waals surface area contributed by atoms with Gasteiger partial charge in [0, 0.05) is 25.4 Å². The lowest BCUT2D eigenvalue weighted by Crippen LogP contribution is -2.30. The number of nitrogens with zero attached hydrogens (tertiary/aromatic N) is 2. The number of ether oxygens (including phenoxy) is 1. The van der Waals surface area contributed by atoms with Gasteiger partial charge in [-0.2, -0.15) is 0 Å². The minimum absolute atomic E-state index is 0.177. The first kappa shape index (κ1) is 10.8. The summed E-state index contributed by atoms with van der Waals surface area (Å²) in [5.41, 5.74) is 0.959. The third-order valence-electron chi connectivity index (χ3n) is 2.42. The summed E-state index contributed by atoms with van der Waals surface area (Å²) in [6.07, 6.45) is 3.59. The molecule has 2 N–H and O–H groups in total. The maximum absolute atomic E-state index is 10.7. The molecule has 2 rings (SSSR count). The van der Waals surface area contributed by atoms with Crippen molar-refractivity contribution >= 4 is 5.97 Å². The van der Waals surface area contributed by atoms with E-state index in [4.69, 9.17) is 9.84 Å². The Morgan fingerprint density at radius 1 is 1.56 bits per heavy atom. The molecular weight excluding hydrogens is 210 g/mol. The third-order valence-corrected chi connectivity index (χ3v) is 2.42. The lowest BCUT2D eigenvalue weighted by molar-refractivity contribution is -0.139. The van der Waals surface area contributed by atoms with Crippen molar-refractivity contribution in [3.05, 3.63) is 18.0 Å². The van der Waals surface area contributed by atoms with Crippen molar-refractivity contribution < 1.29 is 14.6 Å². The predicted molar refractivity (Wildman–Crippen MR) is 55.2 cm³/mol. The molecule has 0 amide bonds. The van der Waals surface area contributed by atoms with Crippen molar-refractivity contribution in [1.29, 1.82) is 0 Å². The highest BCUT2D eigenvalue weighted by Gasteiger charge is 2.30. The van der Waals surface area contributed by atoms with E-state index < -0.39 is 12.0 Å². The number of aryl methyl sites for hydroxylation is 1. The first-order chi connectivity index (χ1) is 7.65. The van der Waals surface area contributed by atoms with Gasteiger partial charge in [-0.25, -0.2) is 9.97 Å². The number of rotatable bonds is 3. The van der Waals surface area contributed by atoms with Gasteiger partial charge in [-0.15, -0.1) is 0 Å². The summed E-state index contributed by atoms with van der Waals surface area (Å²) in [6, 6.07) is -0.237. The SMILES string of the molecule is Cc1cnc(OC2CNC(C(=O)O)C2)nc1. The predicted octanol–water partition coefficient (Wildman–Crippen LogP) is -0.0211. The summed E-state index contributed by atoms with van der Waals surface area (Å²) < 4.78 is 5.46. The van der Waals surface area contributed by atoms with Crippen molar-refractivity contribution in [1.82, 2.24) is 15.3 Å². The van der Waals surface area contributed by atoms with Crippen molar-refractivity contribution in [2.75, 3.05) is 6.54 Å². The highest BCUT2D eigenvalue weighted by Crippen LogP contribution is 2.13. The number of nitrogens with one attached hydrogen (secondary N) is 1. The van der Waals surface area contributed by atoms with Crippen molar-refractivity contribution in [3.63, 3.8) is 0 Å². The van der Waals surface area contributed by atoms with E-state index in [-0.39, 0.29) is 6.10 Å². The Morgan fingerprint density at radius 3 is 2.81 bits per heavy atom. The number of hydrogen-bond donors (Lipinski definition) is 2. The number of hydrogen-bond acceptors (Lipinski definition) is 5. The van der Waals surface area contributed by atoms with Crippen LogP contribution in [0.3, 0.4) is 0 Å². The number of carboxylic acids is 1. The maximum atomic E-state index is 10.7. The molecule has 1 saturated heterocycles. The Bertz CT molecular complexity index is 379. The van der Waals surface area contributed by atoms with E-state index in [2.05, 4.69) is 15.3 Å². The highest BCUT2D eigenvalue weighted by atomic mass is 16.5. The van der Waals surface area contributed by atoms with Gasteiger partial charge in [0.15, 0.2) is 0 Å². The fraction of sp³-hybridized carbons (Fsp3) is 0.500. The van der Waals surface area contributed by atoms with Crippen molar-refractivity contribution in [3.8, 4) is 6.01 Å². The van der Waals surface area contributed by atoms with Gasteiger partial charge in [0.2, 0.25) is 0 Å². The second-order valence-electron chi connectivity index (χ2n) is 3.82. The van der Waals surface area contributed by atoms with Crippen LogP contribution in [0.5, 0.6) is 6.01 Å². The molecule has 0 aromatic carbocycles. The van der Waals surface area contributed by atoms with Gasteiger partial charge in [-0.1, -0.05) is 0 Å². The molecule has 86 valence electrons. The molecule has 2 atom stereocenters. The molecule has 0 bridgehead atoms. The van der Waals surface area contributed by atoms with Gasteiger partial charge in [0.25, 0.3) is 0 Å². The Kier molecular flexibility index (Phi) is 3.00. The fourth-order valence-electron chi connectivity index (χ4n) is 1.57. The van der Waals surface area contributed by atoms with Crippen LogP contribution in [0.1, 0.15) is 12.0 Å². The van der Waals surface area contributed by atoms with Gasteiger partial charge in [0.05, 0.1) is 0 Å². The molecule has 0 spiro atoms. The average Bonchev–Trinajstić information content (AvgIpc) is 2.70. The standard InChI is InChI=1S/C10H13N3O3/c1-6-3-12-10(13-4-6)16-7-2-8(9(14)15)11-5-7/h3-4,7-8,11H,2,5H2,1H3,(H,14,15). The molecule has 0 aliphatic carbocycles. The van der Waals surface area contributed by atoms with E-state index in [1.54, 1.807) is 12.4 Å². The molecule has 0 saturated carbocycles. The number of aromatic nitrogens is 2. The van der Waals surface area contributed by atoms with Crippen LogP contribution in [0, 0.1) is 6.92 Å². The lowest BCUT2D eigenvalue weighted by Gasteiger charge is -2.09. The Labute approximate surface area is 92.7 Å². The zero-order chi connectivity index (χ0) is 11.5. The van der Waals surface area contributed by atoms with E-state index in [1.165, 1.54) is 0 Å². The second-order valence-corrected chi connectivity index (χ2v) is 3.82. The summed E-state index contributed by atoms with van der Waals surface area (Å²) in [5, 5.41) is 11.6. The molecular formula is C10H13N3O3. The molecule has 1 aliphatic rings. The largest absolute Gasteiger partial charge is 0.480 e. The van der Waals surface area contributed by atoms with E-state index in [1.807, 2.05) is 6.92 Å². The van der Waals surface area contributed by atoms with Crippen LogP contribution in [0.2, 0.25) is 0 Å². The first-order valence-electron chi connectivity index (χ1n) is 5.06. The van der Waals surface area contributed by atoms with Gasteiger partial charge < -0.3 is 15.2 Å². The zero-order valence-electron chi connectivity index (χ0n) is 8.88. The van der Waals surface area contributed by atoms with Crippen LogP contribution < -0.4 is 10.1 Å². The third kappa shape index (κ3) is 2.46. The summed E-state index contributed by atoms with van der Waals surface area (Å²) in [6.45, 7) is 2.40. The summed E-state index contributed by atoms with van der Waals surface area (Å²) in [7, 11) is 0. The van der Waals surface area contributed by atoms with Gasteiger partial charge in [0.1, 0.15) is 12.1 Å². The number of carboxylic acid groups (broad SMARTS) is 1. The van der Waals surface area contributed by atoms with Crippen LogP contribution in [0.25, 0.3) is 0 Å². The number of carbonyl (C=O) groups is 1. The normalized spacial score (nSPS) is 24.3. The van der Waals surface area contributed by atoms with E-state index in [9.17, 15) is 4.79 Å². The molecule has 1 aromatic heterocycles. The first-order valence-corrected chi connectivity index (χ1v) is 5.06. The zero-order valence-corrected chi connectivity index (χ0v) is 8.88. The van der Waals surface area contributed by atoms with Gasteiger partial charge >= 0.3 is 12.0 Å². The molecule has 2 heterocycles. The van der Waals surface area contributed by atoms with Crippen molar-refractivity contribution in [2.24, 2.45) is 0 Å². The molecule has 6 nitrogen and oxygen atoms in total. The Balaban J connectivity index is 1.92. The molecule has 6 heteroatoms. The monoisotopic (exact) mass is 223 g/mol. The van der Waals surface area contributed by atoms with Gasteiger partial charge in [-0.3, -0.25) is 4.79 Å². The van der Waals surface area contributed by atoms with Crippen LogP contribution >= 0.6 is 0 Å². The average molecular weight is 223 g/mol. The quantitative estimate of drug-likeness (QED) is 0.749. The van der Waals surface area contributed by atoms with Gasteiger partial charge in [-0.05, 0) is 12.5 Å². The van der Waals surface area contributed by atoms with Crippen LogP contribution in [-0.2, 0) is 4.79 Å². The Morgan fingerprint density at radius 2 is 2.25 bits per heavy atom. The van der Waals surface area contributed by atoms with E-state index in [0.29, 0.717) is 19.0 Å². The van der Waals surface area contributed by atoms with Crippen molar-refractivity contribution in [2.45, 2.75) is 25.5 Å². The van der Waals surface area contributed by atoms with E-state index in [0.717, 1.165) is 5.56 Å². The molecule has 1 aromatic rings. The Hall–Kier alpha value is -1.69. The molecule has 1 aliphatic heterocycles.